The van der Waals surface area contributed by atoms with Crippen molar-refractivity contribution in [2.24, 2.45) is 0 Å². The van der Waals surface area contributed by atoms with Crippen molar-refractivity contribution >= 4 is 28.6 Å². The first-order chi connectivity index (χ1) is 11.5. The van der Waals surface area contributed by atoms with Crippen LogP contribution in [0.25, 0.3) is 10.7 Å². The molecule has 1 N–H and O–H groups in total. The van der Waals surface area contributed by atoms with E-state index in [0.29, 0.717) is 11.7 Å². The Hall–Kier alpha value is -2.67. The SMILES string of the molecule is CC(=O)N(C)c1ccc(NC(C)c2nc(-c3cccs3)no2)cc1. The molecule has 0 saturated carbocycles. The Kier molecular flexibility index (Phi) is 4.61. The van der Waals surface area contributed by atoms with E-state index >= 15 is 0 Å². The number of carbonyl (C=O) groups excluding carboxylic acids is 1. The molecule has 24 heavy (non-hydrogen) atoms. The lowest BCUT2D eigenvalue weighted by Gasteiger charge is -2.16. The van der Waals surface area contributed by atoms with Crippen LogP contribution in [0.15, 0.2) is 46.3 Å². The molecule has 1 aromatic carbocycles. The topological polar surface area (TPSA) is 71.3 Å². The molecule has 0 aliphatic rings. The molecule has 124 valence electrons. The predicted octanol–water partition coefficient (Wildman–Crippen LogP) is 3.95. The number of hydrogen-bond acceptors (Lipinski definition) is 6. The van der Waals surface area contributed by atoms with Gasteiger partial charge in [0, 0.05) is 25.3 Å². The smallest absolute Gasteiger partial charge is 0.249 e. The van der Waals surface area contributed by atoms with Gasteiger partial charge in [0.25, 0.3) is 0 Å². The summed E-state index contributed by atoms with van der Waals surface area (Å²) in [5, 5.41) is 9.31. The van der Waals surface area contributed by atoms with Gasteiger partial charge in [-0.15, -0.1) is 11.3 Å². The largest absolute Gasteiger partial charge is 0.374 e. The summed E-state index contributed by atoms with van der Waals surface area (Å²) in [7, 11) is 1.75. The van der Waals surface area contributed by atoms with Gasteiger partial charge < -0.3 is 14.7 Å². The van der Waals surface area contributed by atoms with Crippen LogP contribution >= 0.6 is 11.3 Å². The first-order valence-corrected chi connectivity index (χ1v) is 8.41. The van der Waals surface area contributed by atoms with Gasteiger partial charge in [-0.3, -0.25) is 4.79 Å². The zero-order valence-electron chi connectivity index (χ0n) is 13.7. The van der Waals surface area contributed by atoms with Gasteiger partial charge in [0.15, 0.2) is 0 Å². The van der Waals surface area contributed by atoms with E-state index in [4.69, 9.17) is 4.52 Å². The van der Waals surface area contributed by atoms with Crippen molar-refractivity contribution < 1.29 is 9.32 Å². The highest BCUT2D eigenvalue weighted by atomic mass is 32.1. The summed E-state index contributed by atoms with van der Waals surface area (Å²) >= 11 is 1.57. The highest BCUT2D eigenvalue weighted by Crippen LogP contribution is 2.25. The minimum Gasteiger partial charge on any atom is -0.374 e. The van der Waals surface area contributed by atoms with E-state index < -0.39 is 0 Å². The number of aromatic nitrogens is 2. The van der Waals surface area contributed by atoms with Gasteiger partial charge in [0.05, 0.1) is 4.88 Å². The van der Waals surface area contributed by atoms with Crippen LogP contribution in [0.5, 0.6) is 0 Å². The fraction of sp³-hybridized carbons (Fsp3) is 0.235. The molecule has 2 heterocycles. The van der Waals surface area contributed by atoms with Crippen LogP contribution < -0.4 is 10.2 Å². The van der Waals surface area contributed by atoms with E-state index in [0.717, 1.165) is 16.3 Å². The van der Waals surface area contributed by atoms with Gasteiger partial charge in [-0.05, 0) is 42.6 Å². The third kappa shape index (κ3) is 3.46. The first-order valence-electron chi connectivity index (χ1n) is 7.53. The number of nitrogens with zero attached hydrogens (tertiary/aromatic N) is 3. The maximum atomic E-state index is 11.4. The van der Waals surface area contributed by atoms with E-state index in [-0.39, 0.29) is 11.9 Å². The molecule has 1 unspecified atom stereocenters. The highest BCUT2D eigenvalue weighted by Gasteiger charge is 2.16. The molecule has 1 amide bonds. The average molecular weight is 342 g/mol. The Bertz CT molecular complexity index is 812. The van der Waals surface area contributed by atoms with E-state index in [1.54, 1.807) is 23.3 Å². The molecule has 0 aliphatic heterocycles. The summed E-state index contributed by atoms with van der Waals surface area (Å²) < 4.78 is 5.35. The third-order valence-corrected chi connectivity index (χ3v) is 4.53. The van der Waals surface area contributed by atoms with Crippen molar-refractivity contribution in [2.45, 2.75) is 19.9 Å². The molecule has 0 saturated heterocycles. The van der Waals surface area contributed by atoms with Gasteiger partial charge in [0.2, 0.25) is 17.6 Å². The van der Waals surface area contributed by atoms with Crippen LogP contribution in [-0.4, -0.2) is 23.1 Å². The van der Waals surface area contributed by atoms with Crippen LogP contribution in [0.2, 0.25) is 0 Å². The Morgan fingerprint density at radius 2 is 2.04 bits per heavy atom. The van der Waals surface area contributed by atoms with Crippen LogP contribution in [0.4, 0.5) is 11.4 Å². The Morgan fingerprint density at radius 1 is 1.29 bits per heavy atom. The molecule has 7 heteroatoms. The Morgan fingerprint density at radius 3 is 2.67 bits per heavy atom. The van der Waals surface area contributed by atoms with Crippen molar-refractivity contribution in [1.82, 2.24) is 10.1 Å². The number of amides is 1. The van der Waals surface area contributed by atoms with Crippen LogP contribution in [0, 0.1) is 0 Å². The lowest BCUT2D eigenvalue weighted by molar-refractivity contribution is -0.116. The van der Waals surface area contributed by atoms with E-state index in [9.17, 15) is 4.79 Å². The maximum absolute atomic E-state index is 11.4. The number of benzene rings is 1. The molecule has 0 spiro atoms. The van der Waals surface area contributed by atoms with Crippen LogP contribution in [0.1, 0.15) is 25.8 Å². The van der Waals surface area contributed by atoms with Crippen LogP contribution in [-0.2, 0) is 4.79 Å². The van der Waals surface area contributed by atoms with Crippen LogP contribution in [0.3, 0.4) is 0 Å². The Labute approximate surface area is 144 Å². The molecule has 0 bridgehead atoms. The maximum Gasteiger partial charge on any atom is 0.249 e. The van der Waals surface area contributed by atoms with Gasteiger partial charge in [-0.2, -0.15) is 4.98 Å². The molecular weight excluding hydrogens is 324 g/mol. The minimum atomic E-state index is -0.123. The summed E-state index contributed by atoms with van der Waals surface area (Å²) in [6.45, 7) is 3.50. The van der Waals surface area contributed by atoms with Gasteiger partial charge in [-0.25, -0.2) is 0 Å². The molecule has 0 fully saturated rings. The normalized spacial score (nSPS) is 12.0. The monoisotopic (exact) mass is 342 g/mol. The number of thiophene rings is 1. The molecule has 2 aromatic heterocycles. The molecule has 3 rings (SSSR count). The Balaban J connectivity index is 1.68. The molecular formula is C17H18N4O2S. The number of anilines is 2. The molecule has 3 aromatic rings. The lowest BCUT2D eigenvalue weighted by atomic mass is 10.2. The predicted molar refractivity (Wildman–Crippen MR) is 95.2 cm³/mol. The zero-order valence-corrected chi connectivity index (χ0v) is 14.5. The third-order valence-electron chi connectivity index (χ3n) is 3.66. The second-order valence-corrected chi connectivity index (χ2v) is 6.37. The van der Waals surface area contributed by atoms with Crippen molar-refractivity contribution in [1.29, 1.82) is 0 Å². The van der Waals surface area contributed by atoms with E-state index in [1.807, 2.05) is 48.7 Å². The van der Waals surface area contributed by atoms with Crippen molar-refractivity contribution in [3.05, 3.63) is 47.7 Å². The first kappa shape index (κ1) is 16.2. The molecule has 1 atom stereocenters. The standard InChI is InChI=1S/C17H18N4O2S/c1-11(17-19-16(20-23-17)15-5-4-10-24-15)18-13-6-8-14(9-7-13)21(3)12(2)22/h4-11,18H,1-3H3. The second kappa shape index (κ2) is 6.84. The summed E-state index contributed by atoms with van der Waals surface area (Å²) in [5.74, 6) is 1.13. The summed E-state index contributed by atoms with van der Waals surface area (Å²) in [4.78, 5) is 18.4. The van der Waals surface area contributed by atoms with Crippen molar-refractivity contribution in [2.75, 3.05) is 17.3 Å². The second-order valence-electron chi connectivity index (χ2n) is 5.42. The number of hydrogen-bond donors (Lipinski definition) is 1. The van der Waals surface area contributed by atoms with Gasteiger partial charge in [0.1, 0.15) is 6.04 Å². The summed E-state index contributed by atoms with van der Waals surface area (Å²) in [6, 6.07) is 11.4. The fourth-order valence-electron chi connectivity index (χ4n) is 2.19. The average Bonchev–Trinajstić information content (AvgIpc) is 3.26. The quantitative estimate of drug-likeness (QED) is 0.760. The number of carbonyl (C=O) groups is 1. The lowest BCUT2D eigenvalue weighted by Crippen LogP contribution is -2.22. The molecule has 0 radical (unpaired) electrons. The van der Waals surface area contributed by atoms with Crippen molar-refractivity contribution in [3.63, 3.8) is 0 Å². The highest BCUT2D eigenvalue weighted by molar-refractivity contribution is 7.13. The summed E-state index contributed by atoms with van der Waals surface area (Å²) in [6.07, 6.45) is 0. The molecule has 0 aliphatic carbocycles. The van der Waals surface area contributed by atoms with Crippen molar-refractivity contribution in [3.8, 4) is 10.7 Å². The molecule has 6 nitrogen and oxygen atoms in total. The van der Waals surface area contributed by atoms with Gasteiger partial charge >= 0.3 is 0 Å². The van der Waals surface area contributed by atoms with E-state index in [2.05, 4.69) is 15.5 Å². The minimum absolute atomic E-state index is 0.00366. The number of rotatable bonds is 5. The fourth-order valence-corrected chi connectivity index (χ4v) is 2.84. The summed E-state index contributed by atoms with van der Waals surface area (Å²) in [5.41, 5.74) is 1.76. The zero-order chi connectivity index (χ0) is 17.1. The van der Waals surface area contributed by atoms with E-state index in [1.165, 1.54) is 6.92 Å². The number of nitrogens with one attached hydrogen (secondary N) is 1. The van der Waals surface area contributed by atoms with Gasteiger partial charge in [-0.1, -0.05) is 11.2 Å².